The number of aryl methyl sites for hydroxylation is 1. The summed E-state index contributed by atoms with van der Waals surface area (Å²) in [5, 5.41) is 6.68. The monoisotopic (exact) mass is 365 g/mol. The van der Waals surface area contributed by atoms with E-state index in [2.05, 4.69) is 41.6 Å². The van der Waals surface area contributed by atoms with E-state index >= 15 is 0 Å². The number of rotatable bonds is 13. The molecular formula is C20H35N3O3. The Morgan fingerprint density at radius 3 is 2.65 bits per heavy atom. The van der Waals surface area contributed by atoms with Crippen molar-refractivity contribution >= 4 is 5.96 Å². The summed E-state index contributed by atoms with van der Waals surface area (Å²) in [5.74, 6) is 1.80. The molecule has 0 saturated heterocycles. The molecule has 0 unspecified atom stereocenters. The van der Waals surface area contributed by atoms with Crippen molar-refractivity contribution in [2.24, 2.45) is 4.99 Å². The number of nitrogens with one attached hydrogen (secondary N) is 2. The average molecular weight is 366 g/mol. The van der Waals surface area contributed by atoms with Crippen LogP contribution in [-0.2, 0) is 15.9 Å². The van der Waals surface area contributed by atoms with E-state index in [4.69, 9.17) is 14.2 Å². The number of aliphatic imine (C=N–C) groups is 1. The number of hydrogen-bond donors (Lipinski definition) is 2. The first-order valence-electron chi connectivity index (χ1n) is 9.43. The van der Waals surface area contributed by atoms with Gasteiger partial charge < -0.3 is 24.8 Å². The van der Waals surface area contributed by atoms with Gasteiger partial charge in [-0.1, -0.05) is 17.7 Å². The van der Waals surface area contributed by atoms with E-state index in [1.54, 1.807) is 14.2 Å². The van der Waals surface area contributed by atoms with Gasteiger partial charge in [0.1, 0.15) is 5.75 Å². The molecule has 0 bridgehead atoms. The molecule has 0 saturated carbocycles. The average Bonchev–Trinajstić information content (AvgIpc) is 2.64. The molecule has 1 aromatic rings. The largest absolute Gasteiger partial charge is 0.496 e. The molecule has 0 aliphatic heterocycles. The maximum absolute atomic E-state index is 5.46. The first kappa shape index (κ1) is 22.3. The molecule has 0 radical (unpaired) electrons. The second-order valence-corrected chi connectivity index (χ2v) is 6.07. The molecule has 0 heterocycles. The lowest BCUT2D eigenvalue weighted by Gasteiger charge is -2.13. The maximum Gasteiger partial charge on any atom is 0.191 e. The Labute approximate surface area is 158 Å². The molecule has 0 aliphatic carbocycles. The molecular weight excluding hydrogens is 330 g/mol. The highest BCUT2D eigenvalue weighted by Crippen LogP contribution is 2.19. The zero-order chi connectivity index (χ0) is 19.0. The minimum atomic E-state index is 0.651. The van der Waals surface area contributed by atoms with Crippen LogP contribution >= 0.6 is 0 Å². The molecule has 0 aromatic heterocycles. The number of ether oxygens (including phenoxy) is 3. The summed E-state index contributed by atoms with van der Waals surface area (Å²) in [6.07, 6.45) is 2.91. The Bertz CT molecular complexity index is 521. The van der Waals surface area contributed by atoms with E-state index in [1.807, 2.05) is 6.07 Å². The zero-order valence-electron chi connectivity index (χ0n) is 16.8. The lowest BCUT2D eigenvalue weighted by Crippen LogP contribution is -2.38. The van der Waals surface area contributed by atoms with Gasteiger partial charge in [-0.25, -0.2) is 0 Å². The number of unbranched alkanes of at least 4 members (excludes halogenated alkanes) is 1. The molecule has 6 heteroatoms. The summed E-state index contributed by atoms with van der Waals surface area (Å²) in [7, 11) is 3.40. The number of benzene rings is 1. The molecule has 0 aliphatic rings. The van der Waals surface area contributed by atoms with E-state index in [-0.39, 0.29) is 0 Å². The van der Waals surface area contributed by atoms with E-state index in [1.165, 1.54) is 11.1 Å². The van der Waals surface area contributed by atoms with Gasteiger partial charge in [0, 0.05) is 33.4 Å². The van der Waals surface area contributed by atoms with Gasteiger partial charge in [-0.3, -0.25) is 4.99 Å². The van der Waals surface area contributed by atoms with E-state index in [9.17, 15) is 0 Å². The van der Waals surface area contributed by atoms with Gasteiger partial charge in [0.15, 0.2) is 5.96 Å². The Kier molecular flexibility index (Phi) is 12.3. The molecule has 0 amide bonds. The summed E-state index contributed by atoms with van der Waals surface area (Å²) in [4.78, 5) is 4.62. The van der Waals surface area contributed by atoms with Crippen molar-refractivity contribution in [1.82, 2.24) is 10.6 Å². The predicted molar refractivity (Wildman–Crippen MR) is 107 cm³/mol. The van der Waals surface area contributed by atoms with Crippen molar-refractivity contribution in [3.63, 3.8) is 0 Å². The van der Waals surface area contributed by atoms with Crippen molar-refractivity contribution in [2.75, 3.05) is 53.7 Å². The van der Waals surface area contributed by atoms with Crippen LogP contribution in [0.15, 0.2) is 23.2 Å². The van der Waals surface area contributed by atoms with Crippen molar-refractivity contribution in [3.05, 3.63) is 29.3 Å². The lowest BCUT2D eigenvalue weighted by molar-refractivity contribution is 0.0690. The first-order valence-corrected chi connectivity index (χ1v) is 9.43. The minimum Gasteiger partial charge on any atom is -0.496 e. The maximum atomic E-state index is 5.46. The van der Waals surface area contributed by atoms with Crippen molar-refractivity contribution in [2.45, 2.75) is 33.1 Å². The molecule has 2 N–H and O–H groups in total. The van der Waals surface area contributed by atoms with E-state index in [0.717, 1.165) is 57.2 Å². The smallest absolute Gasteiger partial charge is 0.191 e. The molecule has 26 heavy (non-hydrogen) atoms. The van der Waals surface area contributed by atoms with Crippen LogP contribution in [0.5, 0.6) is 5.75 Å². The summed E-state index contributed by atoms with van der Waals surface area (Å²) >= 11 is 0. The van der Waals surface area contributed by atoms with Gasteiger partial charge in [0.25, 0.3) is 0 Å². The number of guanidine groups is 1. The van der Waals surface area contributed by atoms with Gasteiger partial charge >= 0.3 is 0 Å². The Morgan fingerprint density at radius 2 is 1.92 bits per heavy atom. The molecule has 148 valence electrons. The Hall–Kier alpha value is -1.79. The second-order valence-electron chi connectivity index (χ2n) is 6.07. The van der Waals surface area contributed by atoms with Crippen LogP contribution < -0.4 is 15.4 Å². The van der Waals surface area contributed by atoms with E-state index in [0.29, 0.717) is 13.2 Å². The fourth-order valence-corrected chi connectivity index (χ4v) is 2.51. The van der Waals surface area contributed by atoms with Crippen molar-refractivity contribution in [3.8, 4) is 5.75 Å². The van der Waals surface area contributed by atoms with Crippen molar-refractivity contribution < 1.29 is 14.2 Å². The van der Waals surface area contributed by atoms with Crippen LogP contribution in [0.3, 0.4) is 0 Å². The SMILES string of the molecule is CCNC(=NCCCCOCCOC)NCCc1cc(C)ccc1OC. The van der Waals surface area contributed by atoms with Crippen LogP contribution in [0.1, 0.15) is 30.9 Å². The molecule has 1 rings (SSSR count). The summed E-state index contributed by atoms with van der Waals surface area (Å²) in [5.41, 5.74) is 2.46. The van der Waals surface area contributed by atoms with Gasteiger partial charge in [-0.05, 0) is 44.7 Å². The number of hydrogen-bond acceptors (Lipinski definition) is 4. The van der Waals surface area contributed by atoms with Gasteiger partial charge in [0.2, 0.25) is 0 Å². The quantitative estimate of drug-likeness (QED) is 0.319. The van der Waals surface area contributed by atoms with Crippen LogP contribution in [0.25, 0.3) is 0 Å². The Morgan fingerprint density at radius 1 is 1.08 bits per heavy atom. The summed E-state index contributed by atoms with van der Waals surface area (Å²) in [6, 6.07) is 6.27. The third kappa shape index (κ3) is 9.63. The fraction of sp³-hybridized carbons (Fsp3) is 0.650. The molecule has 1 aromatic carbocycles. The van der Waals surface area contributed by atoms with Crippen LogP contribution in [-0.4, -0.2) is 59.6 Å². The van der Waals surface area contributed by atoms with Gasteiger partial charge in [-0.2, -0.15) is 0 Å². The predicted octanol–water partition coefficient (Wildman–Crippen LogP) is 2.54. The standard InChI is InChI=1S/C20H35N3O3/c1-5-21-20(22-11-6-7-13-26-15-14-24-3)23-12-10-18-16-17(2)8-9-19(18)25-4/h8-9,16H,5-7,10-15H2,1-4H3,(H2,21,22,23). The Balaban J connectivity index is 2.32. The van der Waals surface area contributed by atoms with Crippen LogP contribution in [0, 0.1) is 6.92 Å². The lowest BCUT2D eigenvalue weighted by atomic mass is 10.1. The van der Waals surface area contributed by atoms with Gasteiger partial charge in [0.05, 0.1) is 20.3 Å². The summed E-state index contributed by atoms with van der Waals surface area (Å²) < 4.78 is 15.8. The highest BCUT2D eigenvalue weighted by atomic mass is 16.5. The minimum absolute atomic E-state index is 0.651. The third-order valence-corrected chi connectivity index (χ3v) is 3.87. The van der Waals surface area contributed by atoms with Gasteiger partial charge in [-0.15, -0.1) is 0 Å². The molecule has 0 fully saturated rings. The second kappa shape index (κ2) is 14.4. The highest BCUT2D eigenvalue weighted by Gasteiger charge is 2.04. The third-order valence-electron chi connectivity index (χ3n) is 3.87. The molecule has 0 atom stereocenters. The van der Waals surface area contributed by atoms with E-state index < -0.39 is 0 Å². The highest BCUT2D eigenvalue weighted by molar-refractivity contribution is 5.79. The van der Waals surface area contributed by atoms with Crippen molar-refractivity contribution in [1.29, 1.82) is 0 Å². The summed E-state index contributed by atoms with van der Waals surface area (Å²) in [6.45, 7) is 8.69. The first-order chi connectivity index (χ1) is 12.7. The molecule has 0 spiro atoms. The van der Waals surface area contributed by atoms with Crippen LogP contribution in [0.4, 0.5) is 0 Å². The number of methoxy groups -OCH3 is 2. The normalized spacial score (nSPS) is 11.5. The zero-order valence-corrected chi connectivity index (χ0v) is 16.8. The number of nitrogens with zero attached hydrogens (tertiary/aromatic N) is 1. The molecule has 6 nitrogen and oxygen atoms in total. The van der Waals surface area contributed by atoms with Crippen LogP contribution in [0.2, 0.25) is 0 Å². The topological polar surface area (TPSA) is 64.1 Å². The fourth-order valence-electron chi connectivity index (χ4n) is 2.51.